The van der Waals surface area contributed by atoms with Gasteiger partial charge >= 0.3 is 0 Å². The Bertz CT molecular complexity index is 562. The number of carbonyl (C=O) groups excluding carboxylic acids is 1. The number of hydrogen-bond donors (Lipinski definition) is 0. The SMILES string of the molecule is O=C(CC1C=CCC1)N1CCCC1c1noc(C2CC2)n1. The fourth-order valence-corrected chi connectivity index (χ4v) is 3.42. The van der Waals surface area contributed by atoms with Crippen LogP contribution in [0.4, 0.5) is 0 Å². The van der Waals surface area contributed by atoms with Gasteiger partial charge in [0.25, 0.3) is 0 Å². The maximum Gasteiger partial charge on any atom is 0.229 e. The molecule has 2 fully saturated rings. The van der Waals surface area contributed by atoms with Crippen LogP contribution in [0.2, 0.25) is 0 Å². The lowest BCUT2D eigenvalue weighted by Gasteiger charge is -2.23. The van der Waals surface area contributed by atoms with E-state index in [1.165, 1.54) is 0 Å². The third kappa shape index (κ3) is 2.61. The Morgan fingerprint density at radius 3 is 3.00 bits per heavy atom. The summed E-state index contributed by atoms with van der Waals surface area (Å²) in [7, 11) is 0. The highest BCUT2D eigenvalue weighted by molar-refractivity contribution is 5.77. The van der Waals surface area contributed by atoms with Crippen molar-refractivity contribution in [3.05, 3.63) is 23.9 Å². The minimum atomic E-state index is 0.0270. The number of allylic oxidation sites excluding steroid dienone is 2. The summed E-state index contributed by atoms with van der Waals surface area (Å²) < 4.78 is 5.35. The summed E-state index contributed by atoms with van der Waals surface area (Å²) in [4.78, 5) is 19.0. The van der Waals surface area contributed by atoms with E-state index in [0.717, 1.165) is 51.0 Å². The van der Waals surface area contributed by atoms with E-state index in [-0.39, 0.29) is 11.9 Å². The number of aromatic nitrogens is 2. The van der Waals surface area contributed by atoms with Gasteiger partial charge in [0, 0.05) is 18.9 Å². The van der Waals surface area contributed by atoms with Crippen molar-refractivity contribution in [3.8, 4) is 0 Å². The first-order valence-corrected chi connectivity index (χ1v) is 8.11. The number of nitrogens with zero attached hydrogens (tertiary/aromatic N) is 3. The van der Waals surface area contributed by atoms with Gasteiger partial charge in [-0.25, -0.2) is 0 Å². The third-order valence-electron chi connectivity index (χ3n) is 4.80. The zero-order chi connectivity index (χ0) is 14.2. The van der Waals surface area contributed by atoms with Gasteiger partial charge in [-0.3, -0.25) is 4.79 Å². The molecule has 1 aliphatic heterocycles. The van der Waals surface area contributed by atoms with Gasteiger partial charge in [-0.2, -0.15) is 4.98 Å². The van der Waals surface area contributed by atoms with Crippen molar-refractivity contribution >= 4 is 5.91 Å². The summed E-state index contributed by atoms with van der Waals surface area (Å²) in [6.45, 7) is 0.827. The third-order valence-corrected chi connectivity index (χ3v) is 4.80. The van der Waals surface area contributed by atoms with Crippen molar-refractivity contribution in [2.75, 3.05) is 6.54 Å². The molecular weight excluding hydrogens is 266 g/mol. The Morgan fingerprint density at radius 1 is 1.33 bits per heavy atom. The molecule has 0 N–H and O–H groups in total. The van der Waals surface area contributed by atoms with Gasteiger partial charge in [-0.15, -0.1) is 0 Å². The molecule has 1 aromatic rings. The topological polar surface area (TPSA) is 59.2 Å². The first-order valence-electron chi connectivity index (χ1n) is 8.11. The average Bonchev–Trinajstić information content (AvgIpc) is 2.94. The van der Waals surface area contributed by atoms with Gasteiger partial charge in [0.05, 0.1) is 6.04 Å². The zero-order valence-electron chi connectivity index (χ0n) is 12.2. The molecule has 0 radical (unpaired) electrons. The van der Waals surface area contributed by atoms with Crippen LogP contribution in [0.3, 0.4) is 0 Å². The normalized spacial score (nSPS) is 28.5. The molecule has 4 rings (SSSR count). The Hall–Kier alpha value is -1.65. The summed E-state index contributed by atoms with van der Waals surface area (Å²) in [5, 5.41) is 4.13. The second kappa shape index (κ2) is 5.28. The fraction of sp³-hybridized carbons (Fsp3) is 0.688. The highest BCUT2D eigenvalue weighted by Gasteiger charge is 2.36. The van der Waals surface area contributed by atoms with Gasteiger partial charge in [-0.1, -0.05) is 17.3 Å². The molecule has 1 aromatic heterocycles. The van der Waals surface area contributed by atoms with Crippen LogP contribution >= 0.6 is 0 Å². The number of amides is 1. The Morgan fingerprint density at radius 2 is 2.24 bits per heavy atom. The predicted molar refractivity (Wildman–Crippen MR) is 76.4 cm³/mol. The minimum Gasteiger partial charge on any atom is -0.339 e. The number of carbonyl (C=O) groups is 1. The van der Waals surface area contributed by atoms with Crippen LogP contribution in [-0.2, 0) is 4.79 Å². The second-order valence-electron chi connectivity index (χ2n) is 6.48. The van der Waals surface area contributed by atoms with Gasteiger partial charge in [0.2, 0.25) is 11.8 Å². The van der Waals surface area contributed by atoms with Crippen molar-refractivity contribution in [2.24, 2.45) is 5.92 Å². The second-order valence-corrected chi connectivity index (χ2v) is 6.48. The van der Waals surface area contributed by atoms with Crippen LogP contribution in [-0.4, -0.2) is 27.5 Å². The van der Waals surface area contributed by atoms with Gasteiger partial charge < -0.3 is 9.42 Å². The molecule has 1 saturated heterocycles. The number of hydrogen-bond acceptors (Lipinski definition) is 4. The molecule has 3 aliphatic rings. The average molecular weight is 287 g/mol. The fourth-order valence-electron chi connectivity index (χ4n) is 3.42. The molecule has 112 valence electrons. The van der Waals surface area contributed by atoms with E-state index in [2.05, 4.69) is 22.3 Å². The molecule has 0 bridgehead atoms. The smallest absolute Gasteiger partial charge is 0.229 e. The van der Waals surface area contributed by atoms with Gasteiger partial charge in [0.1, 0.15) is 0 Å². The maximum absolute atomic E-state index is 12.5. The van der Waals surface area contributed by atoms with Crippen LogP contribution in [0.5, 0.6) is 0 Å². The molecule has 0 aromatic carbocycles. The molecule has 2 unspecified atom stereocenters. The number of rotatable bonds is 4. The molecule has 1 amide bonds. The summed E-state index contributed by atoms with van der Waals surface area (Å²) in [5.41, 5.74) is 0. The van der Waals surface area contributed by atoms with E-state index < -0.39 is 0 Å². The summed E-state index contributed by atoms with van der Waals surface area (Å²) in [5.74, 6) is 2.62. The molecule has 21 heavy (non-hydrogen) atoms. The predicted octanol–water partition coefficient (Wildman–Crippen LogP) is 2.97. The molecular formula is C16H21N3O2. The molecule has 0 spiro atoms. The minimum absolute atomic E-state index is 0.0270. The Labute approximate surface area is 124 Å². The summed E-state index contributed by atoms with van der Waals surface area (Å²) in [6.07, 6.45) is 11.5. The van der Waals surface area contributed by atoms with Crippen LogP contribution in [0.15, 0.2) is 16.7 Å². The van der Waals surface area contributed by atoms with Crippen molar-refractivity contribution in [2.45, 2.75) is 56.9 Å². The van der Waals surface area contributed by atoms with Crippen molar-refractivity contribution in [1.82, 2.24) is 15.0 Å². The van der Waals surface area contributed by atoms with Crippen LogP contribution in [0.25, 0.3) is 0 Å². The summed E-state index contributed by atoms with van der Waals surface area (Å²) in [6, 6.07) is 0.0270. The molecule has 1 saturated carbocycles. The standard InChI is InChI=1S/C16H21N3O2/c20-14(10-11-4-1-2-5-11)19-9-3-6-13(19)15-17-16(21-18-15)12-7-8-12/h1,4,11-13H,2-3,5-10H2. The van der Waals surface area contributed by atoms with E-state index in [9.17, 15) is 4.79 Å². The van der Waals surface area contributed by atoms with E-state index >= 15 is 0 Å². The van der Waals surface area contributed by atoms with Gasteiger partial charge in [-0.05, 0) is 44.4 Å². The first kappa shape index (κ1) is 13.0. The lowest BCUT2D eigenvalue weighted by molar-refractivity contribution is -0.133. The largest absolute Gasteiger partial charge is 0.339 e. The van der Waals surface area contributed by atoms with Crippen molar-refractivity contribution in [1.29, 1.82) is 0 Å². The van der Waals surface area contributed by atoms with E-state index in [1.54, 1.807) is 0 Å². The van der Waals surface area contributed by atoms with Crippen molar-refractivity contribution < 1.29 is 9.32 Å². The number of likely N-dealkylation sites (tertiary alicyclic amines) is 1. The first-order chi connectivity index (χ1) is 10.3. The lowest BCUT2D eigenvalue weighted by atomic mass is 10.0. The van der Waals surface area contributed by atoms with E-state index in [0.29, 0.717) is 24.1 Å². The molecule has 2 heterocycles. The monoisotopic (exact) mass is 287 g/mol. The Balaban J connectivity index is 1.45. The van der Waals surface area contributed by atoms with Crippen LogP contribution < -0.4 is 0 Å². The van der Waals surface area contributed by atoms with Crippen molar-refractivity contribution in [3.63, 3.8) is 0 Å². The zero-order valence-corrected chi connectivity index (χ0v) is 12.2. The van der Waals surface area contributed by atoms with Crippen LogP contribution in [0.1, 0.15) is 68.6 Å². The maximum atomic E-state index is 12.5. The van der Waals surface area contributed by atoms with E-state index in [1.807, 2.05) is 4.90 Å². The lowest BCUT2D eigenvalue weighted by Crippen LogP contribution is -2.32. The quantitative estimate of drug-likeness (QED) is 0.799. The molecule has 2 atom stereocenters. The Kier molecular flexibility index (Phi) is 3.28. The highest BCUT2D eigenvalue weighted by atomic mass is 16.5. The molecule has 5 nitrogen and oxygen atoms in total. The summed E-state index contributed by atoms with van der Waals surface area (Å²) >= 11 is 0. The van der Waals surface area contributed by atoms with Crippen LogP contribution in [0, 0.1) is 5.92 Å². The molecule has 5 heteroatoms. The van der Waals surface area contributed by atoms with Gasteiger partial charge in [0.15, 0.2) is 5.82 Å². The highest BCUT2D eigenvalue weighted by Crippen LogP contribution is 2.40. The molecule has 2 aliphatic carbocycles. The van der Waals surface area contributed by atoms with E-state index in [4.69, 9.17) is 4.52 Å².